The van der Waals surface area contributed by atoms with Gasteiger partial charge in [0, 0.05) is 17.3 Å². The number of fused-ring (bicyclic) bond motifs is 9. The highest BCUT2D eigenvalue weighted by Gasteiger charge is 2.74. The molecule has 6 rings (SSSR count). The van der Waals surface area contributed by atoms with Gasteiger partial charge in [-0.3, -0.25) is 4.79 Å². The average molecular weight is 531 g/mol. The average Bonchev–Trinajstić information content (AvgIpc) is 3.14. The smallest absolute Gasteiger partial charge is 0.312 e. The van der Waals surface area contributed by atoms with Gasteiger partial charge in [-0.1, -0.05) is 46.3 Å². The highest BCUT2D eigenvalue weighted by molar-refractivity contribution is 5.79. The molecule has 0 aromatic rings. The quantitative estimate of drug-likeness (QED) is 0.338. The molecule has 0 aromatic heterocycles. The molecule has 13 atom stereocenters. The van der Waals surface area contributed by atoms with Crippen molar-refractivity contribution in [3.63, 3.8) is 0 Å². The number of esters is 1. The molecule has 4 saturated carbocycles. The van der Waals surface area contributed by atoms with Crippen LogP contribution in [-0.2, 0) is 14.3 Å². The zero-order valence-electron chi connectivity index (χ0n) is 24.5. The molecule has 0 bridgehead atoms. The largest absolute Gasteiger partial charge is 0.469 e. The monoisotopic (exact) mass is 530 g/mol. The zero-order valence-corrected chi connectivity index (χ0v) is 24.5. The van der Waals surface area contributed by atoms with E-state index in [1.165, 1.54) is 12.7 Å². The van der Waals surface area contributed by atoms with Crippen molar-refractivity contribution in [1.82, 2.24) is 0 Å². The van der Waals surface area contributed by atoms with Crippen molar-refractivity contribution >= 4 is 5.97 Å². The summed E-state index contributed by atoms with van der Waals surface area (Å²) in [5.74, 6) is -0.0829. The Hall–Kier alpha value is -0.950. The lowest BCUT2D eigenvalue weighted by Crippen LogP contribution is -2.70. The van der Waals surface area contributed by atoms with Crippen molar-refractivity contribution in [1.29, 1.82) is 0 Å². The highest BCUT2D eigenvalue weighted by Crippen LogP contribution is 2.76. The van der Waals surface area contributed by atoms with Crippen LogP contribution in [0.3, 0.4) is 0 Å². The van der Waals surface area contributed by atoms with Crippen LogP contribution in [0.5, 0.6) is 0 Å². The topological polar surface area (TPSA) is 96.2 Å². The Kier molecular flexibility index (Phi) is 5.79. The summed E-state index contributed by atoms with van der Waals surface area (Å²) >= 11 is 0. The number of aliphatic hydroxyl groups is 3. The van der Waals surface area contributed by atoms with Gasteiger partial charge >= 0.3 is 5.97 Å². The third-order valence-corrected chi connectivity index (χ3v) is 14.4. The van der Waals surface area contributed by atoms with Gasteiger partial charge in [0.05, 0.1) is 43.0 Å². The first-order valence-electron chi connectivity index (χ1n) is 15.1. The van der Waals surface area contributed by atoms with Crippen LogP contribution in [0.15, 0.2) is 11.6 Å². The molecule has 0 unspecified atom stereocenters. The molecule has 6 heteroatoms. The van der Waals surface area contributed by atoms with Gasteiger partial charge in [-0.25, -0.2) is 0 Å². The molecule has 0 aromatic carbocycles. The van der Waals surface area contributed by atoms with Crippen molar-refractivity contribution < 1.29 is 29.6 Å². The van der Waals surface area contributed by atoms with Gasteiger partial charge < -0.3 is 24.8 Å². The van der Waals surface area contributed by atoms with Crippen LogP contribution in [0, 0.1) is 50.7 Å². The number of carbonyl (C=O) groups is 1. The minimum atomic E-state index is -1.01. The van der Waals surface area contributed by atoms with Gasteiger partial charge in [-0.05, 0) is 86.4 Å². The Labute approximate surface area is 228 Å². The van der Waals surface area contributed by atoms with E-state index in [0.717, 1.165) is 38.5 Å². The number of allylic oxidation sites excluding steroid dienone is 1. The van der Waals surface area contributed by atoms with Crippen LogP contribution in [-0.4, -0.2) is 58.9 Å². The van der Waals surface area contributed by atoms with E-state index in [-0.39, 0.29) is 46.1 Å². The predicted molar refractivity (Wildman–Crippen MR) is 144 cm³/mol. The number of rotatable bonds is 1. The molecule has 0 radical (unpaired) electrons. The van der Waals surface area contributed by atoms with E-state index in [1.807, 2.05) is 6.92 Å². The third-order valence-electron chi connectivity index (χ3n) is 14.4. The Morgan fingerprint density at radius 2 is 1.76 bits per heavy atom. The summed E-state index contributed by atoms with van der Waals surface area (Å²) in [6.45, 7) is 13.7. The second kappa shape index (κ2) is 8.08. The predicted octanol–water partition coefficient (Wildman–Crippen LogP) is 4.64. The molecule has 38 heavy (non-hydrogen) atoms. The van der Waals surface area contributed by atoms with Crippen LogP contribution >= 0.6 is 0 Å². The normalized spacial score (nSPS) is 59.4. The van der Waals surface area contributed by atoms with Crippen LogP contribution in [0.1, 0.15) is 92.9 Å². The van der Waals surface area contributed by atoms with E-state index in [9.17, 15) is 20.1 Å². The summed E-state index contributed by atoms with van der Waals surface area (Å²) in [5, 5.41) is 35.3. The molecule has 0 spiro atoms. The van der Waals surface area contributed by atoms with Crippen LogP contribution in [0.25, 0.3) is 0 Å². The second-order valence-electron chi connectivity index (χ2n) is 15.4. The molecule has 5 aliphatic carbocycles. The van der Waals surface area contributed by atoms with Crippen LogP contribution in [0.2, 0.25) is 0 Å². The maximum absolute atomic E-state index is 13.5. The molecule has 6 nitrogen and oxygen atoms in total. The van der Waals surface area contributed by atoms with E-state index >= 15 is 0 Å². The third kappa shape index (κ3) is 2.92. The summed E-state index contributed by atoms with van der Waals surface area (Å²) in [6.07, 6.45) is 7.82. The lowest BCUT2D eigenvalue weighted by atomic mass is 9.32. The van der Waals surface area contributed by atoms with Gasteiger partial charge in [0.2, 0.25) is 0 Å². The molecular weight excluding hydrogens is 480 g/mol. The minimum Gasteiger partial charge on any atom is -0.469 e. The maximum atomic E-state index is 13.5. The van der Waals surface area contributed by atoms with Crippen molar-refractivity contribution in [3.05, 3.63) is 11.6 Å². The standard InChI is InChI=1S/C32H50O6/c1-18-10-13-32(26(35)37-7)15-14-28(3)19(24(32)31(18,6)36)8-9-21-27(2)12-11-23-30(5,22(34)17-38-23)25(27)20(33)16-29(21,28)4/h8,18,20-25,33-34,36H,9-17H2,1-7H3/t18-,20-,21-,22+,23+,24-,25-,27-,28-,29-,30-,31-,32+/m1/s1. The number of carbonyl (C=O) groups excluding carboxylic acids is 1. The first-order valence-corrected chi connectivity index (χ1v) is 15.1. The summed E-state index contributed by atoms with van der Waals surface area (Å²) in [6, 6.07) is 0. The zero-order chi connectivity index (χ0) is 27.7. The van der Waals surface area contributed by atoms with Crippen LogP contribution < -0.4 is 0 Å². The first kappa shape index (κ1) is 27.2. The number of hydrogen-bond donors (Lipinski definition) is 3. The Morgan fingerprint density at radius 3 is 2.45 bits per heavy atom. The molecule has 1 saturated heterocycles. The van der Waals surface area contributed by atoms with E-state index in [4.69, 9.17) is 9.47 Å². The van der Waals surface area contributed by atoms with Crippen LogP contribution in [0.4, 0.5) is 0 Å². The number of ether oxygens (including phenoxy) is 2. The Bertz CT molecular complexity index is 1050. The van der Waals surface area contributed by atoms with E-state index in [2.05, 4.69) is 40.7 Å². The van der Waals surface area contributed by atoms with E-state index < -0.39 is 28.6 Å². The highest BCUT2D eigenvalue weighted by atomic mass is 16.5. The van der Waals surface area contributed by atoms with Crippen molar-refractivity contribution in [2.75, 3.05) is 13.7 Å². The first-order chi connectivity index (χ1) is 17.6. The van der Waals surface area contributed by atoms with Gasteiger partial charge in [0.15, 0.2) is 0 Å². The fraction of sp³-hybridized carbons (Fsp3) is 0.906. The van der Waals surface area contributed by atoms with Gasteiger partial charge in [0.25, 0.3) is 0 Å². The number of methoxy groups -OCH3 is 1. The molecule has 3 N–H and O–H groups in total. The van der Waals surface area contributed by atoms with Gasteiger partial charge in [-0.15, -0.1) is 0 Å². The second-order valence-corrected chi connectivity index (χ2v) is 15.4. The molecule has 214 valence electrons. The molecule has 5 fully saturated rings. The summed E-state index contributed by atoms with van der Waals surface area (Å²) in [4.78, 5) is 13.5. The summed E-state index contributed by atoms with van der Waals surface area (Å²) in [5.41, 5.74) is -1.53. The SMILES string of the molecule is COC(=O)[C@]12CC[C@@H](C)[C@@](C)(O)[C@H]1C1=CC[C@@H]3[C@@]4(C)CC[C@@H]5OC[C@H](O)[C@@]5(C)[C@@H]4[C@H](O)C[C@@]3(C)[C@]1(C)CC2. The van der Waals surface area contributed by atoms with Crippen molar-refractivity contribution in [2.24, 2.45) is 50.7 Å². The summed E-state index contributed by atoms with van der Waals surface area (Å²) in [7, 11) is 1.48. The van der Waals surface area contributed by atoms with Crippen molar-refractivity contribution in [2.45, 2.75) is 117 Å². The fourth-order valence-electron chi connectivity index (χ4n) is 12.0. The van der Waals surface area contributed by atoms with Gasteiger partial charge in [0.1, 0.15) is 0 Å². The molecular formula is C32H50O6. The number of hydrogen-bond acceptors (Lipinski definition) is 6. The minimum absolute atomic E-state index is 0.00552. The Morgan fingerprint density at radius 1 is 1.05 bits per heavy atom. The van der Waals surface area contributed by atoms with Crippen molar-refractivity contribution in [3.8, 4) is 0 Å². The molecule has 0 amide bonds. The summed E-state index contributed by atoms with van der Waals surface area (Å²) < 4.78 is 11.5. The van der Waals surface area contributed by atoms with Gasteiger partial charge in [-0.2, -0.15) is 0 Å². The van der Waals surface area contributed by atoms with E-state index in [1.54, 1.807) is 0 Å². The molecule has 6 aliphatic rings. The molecule has 1 aliphatic heterocycles. The fourth-order valence-corrected chi connectivity index (χ4v) is 12.0. The van der Waals surface area contributed by atoms with E-state index in [0.29, 0.717) is 25.4 Å². The lowest BCUT2D eigenvalue weighted by molar-refractivity contribution is -0.249. The maximum Gasteiger partial charge on any atom is 0.312 e. The Balaban J connectivity index is 1.49. The lowest BCUT2D eigenvalue weighted by Gasteiger charge is -2.72. The number of aliphatic hydroxyl groups excluding tert-OH is 2. The molecule has 1 heterocycles.